The summed E-state index contributed by atoms with van der Waals surface area (Å²) in [4.78, 5) is 24.7. The van der Waals surface area contributed by atoms with Crippen molar-refractivity contribution in [3.05, 3.63) is 44.1 Å². The summed E-state index contributed by atoms with van der Waals surface area (Å²) < 4.78 is 1.17. The smallest absolute Gasteiger partial charge is 0.329 e. The number of rotatable bonds is 3. The number of urea groups is 1. The first-order valence-electron chi connectivity index (χ1n) is 5.57. The Morgan fingerprint density at radius 1 is 1.45 bits per heavy atom. The summed E-state index contributed by atoms with van der Waals surface area (Å²) in [6.45, 7) is 3.67. The van der Waals surface area contributed by atoms with Gasteiger partial charge in [0.1, 0.15) is 11.4 Å². The Kier molecular flexibility index (Phi) is 4.48. The summed E-state index contributed by atoms with van der Waals surface area (Å²) in [5, 5.41) is 12.2. The molecule has 0 atom stereocenters. The molecule has 1 fully saturated rings. The van der Waals surface area contributed by atoms with Crippen LogP contribution in [0.2, 0.25) is 0 Å². The number of benzene rings is 1. The molecule has 1 saturated heterocycles. The minimum Gasteiger partial charge on any atom is -0.506 e. The highest BCUT2D eigenvalue weighted by Gasteiger charge is 2.32. The zero-order valence-corrected chi connectivity index (χ0v) is 13.9. The average Bonchev–Trinajstić information content (AvgIpc) is 2.64. The van der Waals surface area contributed by atoms with Crippen LogP contribution in [0.5, 0.6) is 5.75 Å². The summed E-state index contributed by atoms with van der Waals surface area (Å²) >= 11 is 5.21. The van der Waals surface area contributed by atoms with Gasteiger partial charge >= 0.3 is 6.03 Å². The van der Waals surface area contributed by atoms with Crippen LogP contribution in [0.3, 0.4) is 0 Å². The molecule has 1 heterocycles. The third-order valence-corrected chi connectivity index (χ3v) is 4.05. The van der Waals surface area contributed by atoms with Gasteiger partial charge < -0.3 is 10.4 Å². The number of carbonyl (C=O) groups excluding carboxylic acids is 2. The van der Waals surface area contributed by atoms with Gasteiger partial charge in [-0.3, -0.25) is 9.69 Å². The van der Waals surface area contributed by atoms with Crippen LogP contribution in [0.25, 0.3) is 6.08 Å². The molecule has 0 unspecified atom stereocenters. The van der Waals surface area contributed by atoms with Gasteiger partial charge in [0.05, 0.1) is 8.04 Å². The lowest BCUT2D eigenvalue weighted by Crippen LogP contribution is -2.30. The highest BCUT2D eigenvalue weighted by molar-refractivity contribution is 14.1. The van der Waals surface area contributed by atoms with E-state index in [1.54, 1.807) is 18.2 Å². The molecule has 0 aliphatic carbocycles. The van der Waals surface area contributed by atoms with Crippen LogP contribution in [-0.4, -0.2) is 28.5 Å². The zero-order chi connectivity index (χ0) is 14.9. The van der Waals surface area contributed by atoms with Gasteiger partial charge in [0.25, 0.3) is 5.91 Å². The predicted octanol–water partition coefficient (Wildman–Crippen LogP) is 2.84. The first kappa shape index (κ1) is 15.0. The predicted molar refractivity (Wildman–Crippen MR) is 86.9 cm³/mol. The normalized spacial score (nSPS) is 16.7. The zero-order valence-electron chi connectivity index (χ0n) is 10.2. The molecule has 3 amide bonds. The van der Waals surface area contributed by atoms with Crippen LogP contribution in [-0.2, 0) is 4.79 Å². The van der Waals surface area contributed by atoms with Gasteiger partial charge in [0, 0.05) is 6.54 Å². The molecule has 2 N–H and O–H groups in total. The third kappa shape index (κ3) is 2.88. The SMILES string of the molecule is C=CCN1C(=O)NC(=Cc2cc(Br)c(O)c(I)c2)C1=O. The number of phenolic OH excluding ortho intramolecular Hbond substituents is 1. The maximum absolute atomic E-state index is 12.0. The third-order valence-electron chi connectivity index (χ3n) is 2.62. The fraction of sp³-hybridized carbons (Fsp3) is 0.0769. The van der Waals surface area contributed by atoms with Crippen molar-refractivity contribution in [1.82, 2.24) is 10.2 Å². The van der Waals surface area contributed by atoms with Gasteiger partial charge in [0.15, 0.2) is 0 Å². The Hall–Kier alpha value is -1.35. The summed E-state index contributed by atoms with van der Waals surface area (Å²) in [5.41, 5.74) is 0.897. The number of hydrogen-bond donors (Lipinski definition) is 2. The number of aromatic hydroxyl groups is 1. The Morgan fingerprint density at radius 2 is 2.15 bits per heavy atom. The second-order valence-corrected chi connectivity index (χ2v) is 6.04. The molecular formula is C13H10BrIN2O3. The number of carbonyl (C=O) groups is 2. The van der Waals surface area contributed by atoms with Crippen molar-refractivity contribution in [2.75, 3.05) is 6.54 Å². The fourth-order valence-electron chi connectivity index (χ4n) is 1.70. The van der Waals surface area contributed by atoms with Crippen molar-refractivity contribution in [2.45, 2.75) is 0 Å². The number of halogens is 2. The highest BCUT2D eigenvalue weighted by Crippen LogP contribution is 2.31. The van der Waals surface area contributed by atoms with E-state index in [4.69, 9.17) is 0 Å². The van der Waals surface area contributed by atoms with E-state index in [1.807, 2.05) is 22.6 Å². The van der Waals surface area contributed by atoms with Crippen LogP contribution in [0.1, 0.15) is 5.56 Å². The molecular weight excluding hydrogens is 439 g/mol. The van der Waals surface area contributed by atoms with E-state index in [0.29, 0.717) is 13.6 Å². The minimum atomic E-state index is -0.464. The molecule has 1 aliphatic rings. The molecule has 0 bridgehead atoms. The van der Waals surface area contributed by atoms with Gasteiger partial charge in [-0.1, -0.05) is 6.08 Å². The molecule has 1 aromatic rings. The van der Waals surface area contributed by atoms with E-state index >= 15 is 0 Å². The fourth-order valence-corrected chi connectivity index (χ4v) is 3.20. The van der Waals surface area contributed by atoms with Crippen LogP contribution in [0.4, 0.5) is 4.79 Å². The Bertz CT molecular complexity index is 619. The van der Waals surface area contributed by atoms with Crippen LogP contribution < -0.4 is 5.32 Å². The van der Waals surface area contributed by atoms with Gasteiger partial charge in [-0.15, -0.1) is 6.58 Å². The molecule has 7 heteroatoms. The van der Waals surface area contributed by atoms with Gasteiger partial charge in [0.2, 0.25) is 0 Å². The van der Waals surface area contributed by atoms with Crippen molar-refractivity contribution in [2.24, 2.45) is 0 Å². The molecule has 0 spiro atoms. The molecule has 1 aliphatic heterocycles. The molecule has 0 radical (unpaired) electrons. The largest absolute Gasteiger partial charge is 0.506 e. The van der Waals surface area contributed by atoms with Crippen LogP contribution >= 0.6 is 38.5 Å². The van der Waals surface area contributed by atoms with Crippen LogP contribution in [0.15, 0.2) is 35.0 Å². The van der Waals surface area contributed by atoms with E-state index in [-0.39, 0.29) is 18.0 Å². The lowest BCUT2D eigenvalue weighted by molar-refractivity contribution is -0.122. The molecule has 104 valence electrons. The number of amides is 3. The molecule has 20 heavy (non-hydrogen) atoms. The van der Waals surface area contributed by atoms with Crippen molar-refractivity contribution >= 4 is 56.5 Å². The monoisotopic (exact) mass is 448 g/mol. The quantitative estimate of drug-likeness (QED) is 0.323. The second kappa shape index (κ2) is 5.96. The second-order valence-electron chi connectivity index (χ2n) is 4.03. The van der Waals surface area contributed by atoms with E-state index in [1.165, 1.54) is 6.08 Å². The summed E-state index contributed by atoms with van der Waals surface area (Å²) in [7, 11) is 0. The molecule has 1 aromatic carbocycles. The Labute approximate surface area is 137 Å². The first-order valence-corrected chi connectivity index (χ1v) is 7.44. The summed E-state index contributed by atoms with van der Waals surface area (Å²) in [5.74, 6) is -0.253. The summed E-state index contributed by atoms with van der Waals surface area (Å²) in [6, 6.07) is 2.91. The minimum absolute atomic E-state index is 0.141. The van der Waals surface area contributed by atoms with Crippen LogP contribution in [0, 0.1) is 3.57 Å². The Balaban J connectivity index is 2.35. The van der Waals surface area contributed by atoms with E-state index < -0.39 is 11.9 Å². The Morgan fingerprint density at radius 3 is 2.75 bits per heavy atom. The summed E-state index contributed by atoms with van der Waals surface area (Å²) in [6.07, 6.45) is 3.05. The standard InChI is InChI=1S/C13H10BrIN2O3/c1-2-3-17-12(19)10(16-13(17)20)6-7-4-8(14)11(18)9(15)5-7/h2,4-6,18H,1,3H2,(H,16,20). The average molecular weight is 449 g/mol. The maximum atomic E-state index is 12.0. The van der Waals surface area contributed by atoms with Crippen molar-refractivity contribution in [3.8, 4) is 5.75 Å². The highest BCUT2D eigenvalue weighted by atomic mass is 127. The van der Waals surface area contributed by atoms with E-state index in [0.717, 1.165) is 4.90 Å². The number of hydrogen-bond acceptors (Lipinski definition) is 3. The van der Waals surface area contributed by atoms with Crippen molar-refractivity contribution < 1.29 is 14.7 Å². The number of imide groups is 1. The number of nitrogens with zero attached hydrogens (tertiary/aromatic N) is 1. The number of phenols is 1. The van der Waals surface area contributed by atoms with Gasteiger partial charge in [-0.25, -0.2) is 4.79 Å². The van der Waals surface area contributed by atoms with E-state index in [9.17, 15) is 14.7 Å². The van der Waals surface area contributed by atoms with Gasteiger partial charge in [-0.2, -0.15) is 0 Å². The lowest BCUT2D eigenvalue weighted by Gasteiger charge is -2.07. The first-order chi connectivity index (χ1) is 9.43. The maximum Gasteiger partial charge on any atom is 0.329 e. The number of nitrogens with one attached hydrogen (secondary N) is 1. The molecule has 2 rings (SSSR count). The molecule has 5 nitrogen and oxygen atoms in total. The van der Waals surface area contributed by atoms with Crippen molar-refractivity contribution in [3.63, 3.8) is 0 Å². The van der Waals surface area contributed by atoms with E-state index in [2.05, 4.69) is 27.8 Å². The van der Waals surface area contributed by atoms with Crippen molar-refractivity contribution in [1.29, 1.82) is 0 Å². The lowest BCUT2D eigenvalue weighted by atomic mass is 10.2. The molecule has 0 aromatic heterocycles. The topological polar surface area (TPSA) is 69.6 Å². The van der Waals surface area contributed by atoms with Gasteiger partial charge in [-0.05, 0) is 62.3 Å². The molecule has 0 saturated carbocycles.